The van der Waals surface area contributed by atoms with Gasteiger partial charge in [-0.25, -0.2) is 0 Å². The van der Waals surface area contributed by atoms with Crippen molar-refractivity contribution in [1.29, 1.82) is 0 Å². The normalized spacial score (nSPS) is 53.4. The summed E-state index contributed by atoms with van der Waals surface area (Å²) in [7, 11) is 0. The summed E-state index contributed by atoms with van der Waals surface area (Å²) in [5.41, 5.74) is 0. The molecule has 0 unspecified atom stereocenters. The molecule has 2 heterocycles. The van der Waals surface area contributed by atoms with Gasteiger partial charge in [-0.2, -0.15) is 0 Å². The Morgan fingerprint density at radius 2 is 1.90 bits per heavy atom. The summed E-state index contributed by atoms with van der Waals surface area (Å²) < 4.78 is 10.7. The predicted octanol–water partition coefficient (Wildman–Crippen LogP) is -0.219. The first-order valence-electron chi connectivity index (χ1n) is 3.70. The molecule has 0 saturated carbocycles. The van der Waals surface area contributed by atoms with Crippen LogP contribution in [0.1, 0.15) is 6.92 Å². The van der Waals surface area contributed by atoms with Gasteiger partial charge in [0.1, 0.15) is 12.2 Å². The van der Waals surface area contributed by atoms with Crippen LogP contribution in [0.5, 0.6) is 0 Å². The molecule has 2 saturated heterocycles. The largest absolute Gasteiger partial charge is 0.388 e. The minimum absolute atomic E-state index is 0.0463. The van der Waals surface area contributed by atoms with Crippen LogP contribution in [0.4, 0.5) is 0 Å². The molecule has 2 rings (SSSR count). The van der Waals surface area contributed by atoms with Gasteiger partial charge in [-0.15, -0.1) is 0 Å². The molecule has 3 heteroatoms. The number of hydrogen-bond acceptors (Lipinski definition) is 3. The van der Waals surface area contributed by atoms with E-state index in [1.165, 1.54) is 0 Å². The number of rotatable bonds is 0. The van der Waals surface area contributed by atoms with Gasteiger partial charge in [-0.3, -0.25) is 0 Å². The first kappa shape index (κ1) is 6.58. The number of fused-ring (bicyclic) bond motifs is 1. The molecule has 2 fully saturated rings. The lowest BCUT2D eigenvalue weighted by Crippen LogP contribution is -2.28. The van der Waals surface area contributed by atoms with Gasteiger partial charge in [-0.05, 0) is 0 Å². The van der Waals surface area contributed by atoms with Crippen molar-refractivity contribution < 1.29 is 14.6 Å². The first-order chi connectivity index (χ1) is 4.79. The zero-order chi connectivity index (χ0) is 7.14. The Morgan fingerprint density at radius 1 is 1.20 bits per heavy atom. The Bertz CT molecular complexity index is 121. The Morgan fingerprint density at radius 3 is 2.60 bits per heavy atom. The smallest absolute Gasteiger partial charge is 0.112 e. The number of hydrogen-bond donors (Lipinski definition) is 1. The minimum Gasteiger partial charge on any atom is -0.388 e. The Hall–Kier alpha value is -0.120. The fourth-order valence-corrected chi connectivity index (χ4v) is 1.67. The topological polar surface area (TPSA) is 38.7 Å². The molecule has 0 aromatic heterocycles. The van der Waals surface area contributed by atoms with E-state index >= 15 is 0 Å². The number of aliphatic hydroxyl groups is 1. The van der Waals surface area contributed by atoms with Crippen LogP contribution in [-0.4, -0.2) is 36.6 Å². The molecular formula is C7H12O3. The molecule has 3 nitrogen and oxygen atoms in total. The molecule has 0 radical (unpaired) electrons. The summed E-state index contributed by atoms with van der Waals surface area (Å²) in [6.07, 6.45) is -0.292. The van der Waals surface area contributed by atoms with Crippen LogP contribution in [0, 0.1) is 5.92 Å². The molecule has 4 atom stereocenters. The zero-order valence-electron chi connectivity index (χ0n) is 5.99. The SMILES string of the molecule is C[C@@H]1CO[C@H]2[C@@H]1OC[C@H]2O. The van der Waals surface area contributed by atoms with E-state index in [0.29, 0.717) is 12.5 Å². The second-order valence-electron chi connectivity index (χ2n) is 3.14. The van der Waals surface area contributed by atoms with E-state index in [1.807, 2.05) is 0 Å². The molecule has 10 heavy (non-hydrogen) atoms. The Kier molecular flexibility index (Phi) is 1.44. The van der Waals surface area contributed by atoms with E-state index < -0.39 is 6.10 Å². The van der Waals surface area contributed by atoms with Gasteiger partial charge in [0.15, 0.2) is 0 Å². The van der Waals surface area contributed by atoms with Crippen molar-refractivity contribution >= 4 is 0 Å². The lowest BCUT2D eigenvalue weighted by Gasteiger charge is -2.10. The lowest BCUT2D eigenvalue weighted by molar-refractivity contribution is 0.0173. The highest BCUT2D eigenvalue weighted by atomic mass is 16.6. The maximum absolute atomic E-state index is 9.27. The van der Waals surface area contributed by atoms with Crippen LogP contribution >= 0.6 is 0 Å². The fourth-order valence-electron chi connectivity index (χ4n) is 1.67. The van der Waals surface area contributed by atoms with E-state index in [-0.39, 0.29) is 12.2 Å². The van der Waals surface area contributed by atoms with Crippen molar-refractivity contribution in [3.05, 3.63) is 0 Å². The van der Waals surface area contributed by atoms with Crippen molar-refractivity contribution in [1.82, 2.24) is 0 Å². The monoisotopic (exact) mass is 144 g/mol. The summed E-state index contributed by atoms with van der Waals surface area (Å²) in [6.45, 7) is 3.26. The van der Waals surface area contributed by atoms with Crippen LogP contribution in [0.2, 0.25) is 0 Å². The summed E-state index contributed by atoms with van der Waals surface area (Å²) in [6, 6.07) is 0. The van der Waals surface area contributed by atoms with E-state index in [0.717, 1.165) is 6.61 Å². The molecule has 0 aromatic carbocycles. The first-order valence-corrected chi connectivity index (χ1v) is 3.70. The average molecular weight is 144 g/mol. The van der Waals surface area contributed by atoms with Crippen LogP contribution in [0.25, 0.3) is 0 Å². The van der Waals surface area contributed by atoms with Gasteiger partial charge >= 0.3 is 0 Å². The second kappa shape index (κ2) is 2.19. The maximum atomic E-state index is 9.27. The summed E-state index contributed by atoms with van der Waals surface area (Å²) in [5, 5.41) is 9.27. The van der Waals surface area contributed by atoms with Gasteiger partial charge in [-0.1, -0.05) is 6.92 Å². The van der Waals surface area contributed by atoms with Crippen LogP contribution in [-0.2, 0) is 9.47 Å². The Balaban J connectivity index is 2.09. The molecule has 1 N–H and O–H groups in total. The third kappa shape index (κ3) is 0.779. The molecule has 2 aliphatic rings. The van der Waals surface area contributed by atoms with E-state index in [9.17, 15) is 5.11 Å². The maximum Gasteiger partial charge on any atom is 0.112 e. The molecule has 0 aromatic rings. The average Bonchev–Trinajstić information content (AvgIpc) is 2.41. The van der Waals surface area contributed by atoms with Crippen molar-refractivity contribution in [2.45, 2.75) is 25.2 Å². The van der Waals surface area contributed by atoms with Crippen LogP contribution < -0.4 is 0 Å². The lowest BCUT2D eigenvalue weighted by atomic mass is 10.0. The fraction of sp³-hybridized carbons (Fsp3) is 1.00. The van der Waals surface area contributed by atoms with Crippen molar-refractivity contribution in [2.75, 3.05) is 13.2 Å². The Labute approximate surface area is 59.9 Å². The number of ether oxygens (including phenoxy) is 2. The predicted molar refractivity (Wildman–Crippen MR) is 34.7 cm³/mol. The molecule has 0 spiro atoms. The van der Waals surface area contributed by atoms with Crippen LogP contribution in [0.15, 0.2) is 0 Å². The van der Waals surface area contributed by atoms with E-state index in [2.05, 4.69) is 6.92 Å². The molecule has 0 aliphatic carbocycles. The van der Waals surface area contributed by atoms with Crippen molar-refractivity contribution in [3.63, 3.8) is 0 Å². The molecule has 0 bridgehead atoms. The van der Waals surface area contributed by atoms with Crippen LogP contribution in [0.3, 0.4) is 0 Å². The standard InChI is InChI=1S/C7H12O3/c1-4-2-9-7-5(8)3-10-6(4)7/h4-8H,2-3H2,1H3/t4-,5-,6-,7-/m1/s1. The third-order valence-electron chi connectivity index (χ3n) is 2.27. The van der Waals surface area contributed by atoms with Crippen molar-refractivity contribution in [3.8, 4) is 0 Å². The highest BCUT2D eigenvalue weighted by Gasteiger charge is 2.44. The summed E-state index contributed by atoms with van der Waals surface area (Å²) in [4.78, 5) is 0. The molecule has 0 amide bonds. The van der Waals surface area contributed by atoms with Crippen molar-refractivity contribution in [2.24, 2.45) is 5.92 Å². The number of aliphatic hydroxyl groups excluding tert-OH is 1. The molecule has 58 valence electrons. The van der Waals surface area contributed by atoms with Gasteiger partial charge in [0.2, 0.25) is 0 Å². The van der Waals surface area contributed by atoms with E-state index in [4.69, 9.17) is 9.47 Å². The molecular weight excluding hydrogens is 132 g/mol. The van der Waals surface area contributed by atoms with Gasteiger partial charge in [0, 0.05) is 5.92 Å². The van der Waals surface area contributed by atoms with Gasteiger partial charge in [0.05, 0.1) is 19.3 Å². The highest BCUT2D eigenvalue weighted by molar-refractivity contribution is 4.92. The minimum atomic E-state index is -0.394. The summed E-state index contributed by atoms with van der Waals surface area (Å²) in [5.74, 6) is 0.446. The quantitative estimate of drug-likeness (QED) is 0.511. The molecule has 2 aliphatic heterocycles. The second-order valence-corrected chi connectivity index (χ2v) is 3.14. The van der Waals surface area contributed by atoms with Gasteiger partial charge < -0.3 is 14.6 Å². The third-order valence-corrected chi connectivity index (χ3v) is 2.27. The highest BCUT2D eigenvalue weighted by Crippen LogP contribution is 2.30. The van der Waals surface area contributed by atoms with E-state index in [1.54, 1.807) is 0 Å². The summed E-state index contributed by atoms with van der Waals surface area (Å²) >= 11 is 0. The van der Waals surface area contributed by atoms with Gasteiger partial charge in [0.25, 0.3) is 0 Å². The zero-order valence-corrected chi connectivity index (χ0v) is 5.99.